The Kier molecular flexibility index (Phi) is 6.81. The summed E-state index contributed by atoms with van der Waals surface area (Å²) in [6, 6.07) is 9.34. The highest BCUT2D eigenvalue weighted by atomic mass is 32.2. The lowest BCUT2D eigenvalue weighted by molar-refractivity contribution is -0.123. The van der Waals surface area contributed by atoms with Crippen LogP contribution in [0.2, 0.25) is 0 Å². The monoisotopic (exact) mass is 487 g/mol. The van der Waals surface area contributed by atoms with Gasteiger partial charge in [-0.2, -0.15) is 0 Å². The number of carbonyl (C=O) groups excluding carboxylic acids is 3. The summed E-state index contributed by atoms with van der Waals surface area (Å²) in [6.07, 6.45) is 4.88. The number of benzene rings is 2. The van der Waals surface area contributed by atoms with E-state index in [9.17, 15) is 27.2 Å². The lowest BCUT2D eigenvalue weighted by Crippen LogP contribution is -2.51. The average molecular weight is 488 g/mol. The van der Waals surface area contributed by atoms with Crippen LogP contribution < -0.4 is 10.0 Å². The molecule has 1 saturated heterocycles. The summed E-state index contributed by atoms with van der Waals surface area (Å²) in [7, 11) is -3.94. The summed E-state index contributed by atoms with van der Waals surface area (Å²) in [4.78, 5) is 42.1. The number of nitrogens with two attached hydrogens (primary N) is 1. The van der Waals surface area contributed by atoms with E-state index >= 15 is 0 Å². The molecule has 180 valence electrons. The molecule has 1 aliphatic heterocycles. The highest BCUT2D eigenvalue weighted by molar-refractivity contribution is 7.89. The van der Waals surface area contributed by atoms with Crippen molar-refractivity contribution in [2.75, 3.05) is 4.90 Å². The molecule has 2 fully saturated rings. The van der Waals surface area contributed by atoms with E-state index in [0.29, 0.717) is 12.8 Å². The van der Waals surface area contributed by atoms with Crippen LogP contribution in [-0.2, 0) is 19.6 Å². The Morgan fingerprint density at radius 2 is 1.59 bits per heavy atom. The number of anilines is 1. The van der Waals surface area contributed by atoms with Gasteiger partial charge in [-0.05, 0) is 49.2 Å². The van der Waals surface area contributed by atoms with E-state index in [1.54, 1.807) is 6.07 Å². The molecule has 1 heterocycles. The fraction of sp³-hybridized carbons (Fsp3) is 0.375. The molecule has 1 saturated carbocycles. The third kappa shape index (κ3) is 4.74. The van der Waals surface area contributed by atoms with Crippen molar-refractivity contribution in [3.8, 4) is 0 Å². The van der Waals surface area contributed by atoms with Crippen LogP contribution in [0.15, 0.2) is 53.4 Å². The van der Waals surface area contributed by atoms with Crippen molar-refractivity contribution >= 4 is 33.4 Å². The second-order valence-electron chi connectivity index (χ2n) is 8.66. The lowest BCUT2D eigenvalue weighted by atomic mass is 10.0. The molecule has 0 spiro atoms. The molecule has 1 unspecified atom stereocenters. The second-order valence-corrected chi connectivity index (χ2v) is 10.2. The van der Waals surface area contributed by atoms with E-state index in [1.807, 2.05) is 0 Å². The van der Waals surface area contributed by atoms with Gasteiger partial charge in [-0.1, -0.05) is 37.8 Å². The first kappa shape index (κ1) is 24.0. The maximum absolute atomic E-state index is 14.5. The second kappa shape index (κ2) is 9.63. The summed E-state index contributed by atoms with van der Waals surface area (Å²) in [5.41, 5.74) is 0.0482. The smallest absolute Gasteiger partial charge is 0.257 e. The van der Waals surface area contributed by atoms with Gasteiger partial charge >= 0.3 is 0 Å². The fourth-order valence-electron chi connectivity index (χ4n) is 4.76. The van der Waals surface area contributed by atoms with Crippen molar-refractivity contribution in [1.82, 2.24) is 4.90 Å². The van der Waals surface area contributed by atoms with Gasteiger partial charge in [0.25, 0.3) is 11.8 Å². The lowest BCUT2D eigenvalue weighted by Gasteiger charge is -2.35. The molecule has 1 atom stereocenters. The molecule has 4 rings (SSSR count). The third-order valence-electron chi connectivity index (χ3n) is 6.44. The third-order valence-corrected chi connectivity index (χ3v) is 7.37. The minimum absolute atomic E-state index is 0.136. The molecule has 2 aromatic rings. The Labute approximate surface area is 197 Å². The topological polar surface area (TPSA) is 118 Å². The molecule has 0 aromatic heterocycles. The van der Waals surface area contributed by atoms with Crippen LogP contribution in [0.5, 0.6) is 0 Å². The SMILES string of the molecule is NS(=O)(=O)c1ccc(N2C(=O)CC(N(C(=O)c3ccccc3F)C3CCCCCC3)C2=O)cc1. The number of halogens is 1. The number of carbonyl (C=O) groups is 3. The summed E-state index contributed by atoms with van der Waals surface area (Å²) in [5.74, 6) is -2.40. The highest BCUT2D eigenvalue weighted by Crippen LogP contribution is 2.32. The molecule has 3 amide bonds. The van der Waals surface area contributed by atoms with E-state index in [1.165, 1.54) is 47.4 Å². The molecule has 2 aromatic carbocycles. The Bertz CT molecular complexity index is 1210. The minimum Gasteiger partial charge on any atom is -0.323 e. The van der Waals surface area contributed by atoms with Crippen LogP contribution in [-0.4, -0.2) is 43.1 Å². The van der Waals surface area contributed by atoms with Gasteiger partial charge in [-0.15, -0.1) is 0 Å². The zero-order chi connectivity index (χ0) is 24.5. The number of hydrogen-bond acceptors (Lipinski definition) is 5. The molecular weight excluding hydrogens is 461 g/mol. The Hall–Kier alpha value is -3.11. The summed E-state index contributed by atoms with van der Waals surface area (Å²) >= 11 is 0. The molecule has 0 radical (unpaired) electrons. The van der Waals surface area contributed by atoms with E-state index in [-0.39, 0.29) is 28.6 Å². The zero-order valence-corrected chi connectivity index (χ0v) is 19.3. The van der Waals surface area contributed by atoms with Crippen LogP contribution >= 0.6 is 0 Å². The summed E-state index contributed by atoms with van der Waals surface area (Å²) < 4.78 is 37.6. The fourth-order valence-corrected chi connectivity index (χ4v) is 5.28. The van der Waals surface area contributed by atoms with Gasteiger partial charge in [0.05, 0.1) is 22.6 Å². The van der Waals surface area contributed by atoms with Gasteiger partial charge in [-0.25, -0.2) is 22.8 Å². The first-order valence-corrected chi connectivity index (χ1v) is 12.8. The van der Waals surface area contributed by atoms with Gasteiger partial charge in [0.2, 0.25) is 15.9 Å². The quantitative estimate of drug-likeness (QED) is 0.514. The molecular formula is C24H26FN3O5S. The number of rotatable bonds is 5. The number of sulfonamides is 1. The zero-order valence-electron chi connectivity index (χ0n) is 18.5. The van der Waals surface area contributed by atoms with Gasteiger partial charge in [0, 0.05) is 6.04 Å². The normalized spacial score (nSPS) is 19.8. The van der Waals surface area contributed by atoms with Crippen LogP contribution in [0.25, 0.3) is 0 Å². The molecule has 0 bridgehead atoms. The van der Waals surface area contributed by atoms with Gasteiger partial charge < -0.3 is 4.90 Å². The average Bonchev–Trinajstić information content (AvgIpc) is 2.96. The molecule has 2 aliphatic rings. The number of primary sulfonamides is 1. The first-order chi connectivity index (χ1) is 16.2. The highest BCUT2D eigenvalue weighted by Gasteiger charge is 2.47. The van der Waals surface area contributed by atoms with Gasteiger partial charge in [0.1, 0.15) is 11.9 Å². The predicted octanol–water partition coefficient (Wildman–Crippen LogP) is 2.97. The van der Waals surface area contributed by atoms with Crippen molar-refractivity contribution < 1.29 is 27.2 Å². The van der Waals surface area contributed by atoms with Crippen LogP contribution in [0.3, 0.4) is 0 Å². The summed E-state index contributed by atoms with van der Waals surface area (Å²) in [5, 5.41) is 5.12. The first-order valence-electron chi connectivity index (χ1n) is 11.3. The van der Waals surface area contributed by atoms with Crippen LogP contribution in [0.1, 0.15) is 55.3 Å². The molecule has 34 heavy (non-hydrogen) atoms. The Balaban J connectivity index is 1.69. The number of hydrogen-bond donors (Lipinski definition) is 1. The largest absolute Gasteiger partial charge is 0.323 e. The van der Waals surface area contributed by atoms with Crippen molar-refractivity contribution in [1.29, 1.82) is 0 Å². The number of amides is 3. The van der Waals surface area contributed by atoms with Crippen molar-refractivity contribution in [3.05, 3.63) is 59.9 Å². The van der Waals surface area contributed by atoms with Crippen molar-refractivity contribution in [2.45, 2.75) is 61.9 Å². The standard InChI is InChI=1S/C24H26FN3O5S/c25-20-10-6-5-9-19(20)23(30)27(16-7-3-1-2-4-8-16)21-15-22(29)28(24(21)31)17-11-13-18(14-12-17)34(26,32)33/h5-6,9-14,16,21H,1-4,7-8,15H2,(H2,26,32,33). The van der Waals surface area contributed by atoms with Crippen LogP contribution in [0, 0.1) is 5.82 Å². The Morgan fingerprint density at radius 3 is 2.18 bits per heavy atom. The maximum Gasteiger partial charge on any atom is 0.257 e. The van der Waals surface area contributed by atoms with Crippen molar-refractivity contribution in [2.24, 2.45) is 5.14 Å². The molecule has 10 heteroatoms. The van der Waals surface area contributed by atoms with E-state index < -0.39 is 39.6 Å². The Morgan fingerprint density at radius 1 is 0.971 bits per heavy atom. The summed E-state index contributed by atoms with van der Waals surface area (Å²) in [6.45, 7) is 0. The maximum atomic E-state index is 14.5. The minimum atomic E-state index is -3.94. The molecule has 8 nitrogen and oxygen atoms in total. The molecule has 2 N–H and O–H groups in total. The van der Waals surface area contributed by atoms with E-state index in [0.717, 1.165) is 30.6 Å². The number of imide groups is 1. The van der Waals surface area contributed by atoms with Gasteiger partial charge in [-0.3, -0.25) is 14.4 Å². The van der Waals surface area contributed by atoms with E-state index in [2.05, 4.69) is 0 Å². The predicted molar refractivity (Wildman–Crippen MR) is 123 cm³/mol. The van der Waals surface area contributed by atoms with Gasteiger partial charge in [0.15, 0.2) is 0 Å². The van der Waals surface area contributed by atoms with Crippen molar-refractivity contribution in [3.63, 3.8) is 0 Å². The van der Waals surface area contributed by atoms with Crippen LogP contribution in [0.4, 0.5) is 10.1 Å². The van der Waals surface area contributed by atoms with E-state index in [4.69, 9.17) is 5.14 Å². The number of nitrogens with zero attached hydrogens (tertiary/aromatic N) is 2. The molecule has 1 aliphatic carbocycles.